The average molecular weight is 296 g/mol. The quantitative estimate of drug-likeness (QED) is 0.626. The summed E-state index contributed by atoms with van der Waals surface area (Å²) in [6.45, 7) is 0.0948. The summed E-state index contributed by atoms with van der Waals surface area (Å²) in [5.41, 5.74) is 0.946. The zero-order chi connectivity index (χ0) is 15.1. The molecule has 0 N–H and O–H groups in total. The van der Waals surface area contributed by atoms with Crippen LogP contribution in [0.3, 0.4) is 0 Å². The number of nitriles is 1. The molecule has 21 heavy (non-hydrogen) atoms. The highest BCUT2D eigenvalue weighted by atomic mass is 32.2. The van der Waals surface area contributed by atoms with Gasteiger partial charge < -0.3 is 4.90 Å². The fraction of sp³-hybridized carbons (Fsp3) is 0.176. The molecule has 3 nitrogen and oxygen atoms in total. The van der Waals surface area contributed by atoms with Crippen molar-refractivity contribution in [1.29, 1.82) is 5.26 Å². The third kappa shape index (κ3) is 4.11. The van der Waals surface area contributed by atoms with Gasteiger partial charge in [-0.15, -0.1) is 11.8 Å². The van der Waals surface area contributed by atoms with E-state index in [-0.39, 0.29) is 17.7 Å². The van der Waals surface area contributed by atoms with E-state index >= 15 is 0 Å². The molecule has 0 heterocycles. The van der Waals surface area contributed by atoms with E-state index in [4.69, 9.17) is 5.26 Å². The van der Waals surface area contributed by atoms with Crippen molar-refractivity contribution in [1.82, 2.24) is 4.90 Å². The molecule has 2 rings (SSSR count). The van der Waals surface area contributed by atoms with Crippen LogP contribution in [0.1, 0.15) is 10.8 Å². The van der Waals surface area contributed by atoms with Gasteiger partial charge in [0.2, 0.25) is 5.91 Å². The molecule has 4 heteroatoms. The Morgan fingerprint density at radius 2 is 1.71 bits per heavy atom. The van der Waals surface area contributed by atoms with Crippen LogP contribution in [0.4, 0.5) is 0 Å². The van der Waals surface area contributed by atoms with Gasteiger partial charge in [0.05, 0.1) is 6.07 Å². The molecule has 1 amide bonds. The number of rotatable bonds is 5. The predicted molar refractivity (Wildman–Crippen MR) is 84.7 cm³/mol. The number of nitrogens with zero attached hydrogens (tertiary/aromatic N) is 2. The van der Waals surface area contributed by atoms with Gasteiger partial charge in [-0.25, -0.2) is 0 Å². The molecule has 0 saturated heterocycles. The van der Waals surface area contributed by atoms with Gasteiger partial charge in [0, 0.05) is 11.9 Å². The molecule has 0 aromatic heterocycles. The predicted octanol–water partition coefficient (Wildman–Crippen LogP) is 3.50. The second-order valence-electron chi connectivity index (χ2n) is 4.57. The Bertz CT molecular complexity index is 622. The summed E-state index contributed by atoms with van der Waals surface area (Å²) in [6, 6.07) is 21.5. The lowest BCUT2D eigenvalue weighted by Gasteiger charge is -2.22. The van der Waals surface area contributed by atoms with E-state index < -0.39 is 0 Å². The van der Waals surface area contributed by atoms with Crippen molar-refractivity contribution in [3.8, 4) is 6.07 Å². The van der Waals surface area contributed by atoms with Crippen molar-refractivity contribution in [3.05, 3.63) is 66.2 Å². The van der Waals surface area contributed by atoms with Crippen molar-refractivity contribution < 1.29 is 4.79 Å². The van der Waals surface area contributed by atoms with Crippen LogP contribution in [-0.4, -0.2) is 24.4 Å². The van der Waals surface area contributed by atoms with Crippen LogP contribution in [0.15, 0.2) is 65.6 Å². The monoisotopic (exact) mass is 296 g/mol. The third-order valence-electron chi connectivity index (χ3n) is 3.01. The van der Waals surface area contributed by atoms with E-state index in [9.17, 15) is 4.79 Å². The molecule has 0 bridgehead atoms. The molecule has 0 radical (unpaired) electrons. The van der Waals surface area contributed by atoms with Crippen LogP contribution in [0.25, 0.3) is 0 Å². The molecule has 1 atom stereocenters. The minimum Gasteiger partial charge on any atom is -0.331 e. The molecular weight excluding hydrogens is 280 g/mol. The maximum Gasteiger partial charge on any atom is 0.241 e. The van der Waals surface area contributed by atoms with Gasteiger partial charge in [-0.05, 0) is 17.7 Å². The molecule has 0 aliphatic carbocycles. The van der Waals surface area contributed by atoms with Crippen molar-refractivity contribution in [2.75, 3.05) is 13.6 Å². The highest BCUT2D eigenvalue weighted by molar-refractivity contribution is 8.00. The van der Waals surface area contributed by atoms with E-state index in [0.29, 0.717) is 0 Å². The Labute approximate surface area is 129 Å². The summed E-state index contributed by atoms with van der Waals surface area (Å²) in [6.07, 6.45) is 0. The number of amides is 1. The third-order valence-corrected chi connectivity index (χ3v) is 4.26. The lowest BCUT2D eigenvalue weighted by atomic mass is 10.1. The van der Waals surface area contributed by atoms with Crippen LogP contribution in [0, 0.1) is 11.3 Å². The van der Waals surface area contributed by atoms with Crippen molar-refractivity contribution >= 4 is 17.7 Å². The summed E-state index contributed by atoms with van der Waals surface area (Å²) in [5.74, 6) is -0.0587. The Morgan fingerprint density at radius 3 is 2.29 bits per heavy atom. The minimum atomic E-state index is -0.341. The maximum absolute atomic E-state index is 12.6. The zero-order valence-corrected chi connectivity index (χ0v) is 12.6. The summed E-state index contributed by atoms with van der Waals surface area (Å²) in [7, 11) is 1.66. The van der Waals surface area contributed by atoms with Crippen LogP contribution in [0.5, 0.6) is 0 Å². The molecule has 0 aliphatic heterocycles. The first kappa shape index (κ1) is 15.1. The fourth-order valence-corrected chi connectivity index (χ4v) is 3.07. The lowest BCUT2D eigenvalue weighted by molar-refractivity contribution is -0.128. The summed E-state index contributed by atoms with van der Waals surface area (Å²) >= 11 is 1.50. The number of hydrogen-bond acceptors (Lipinski definition) is 3. The molecule has 2 aromatic carbocycles. The number of hydrogen-bond donors (Lipinski definition) is 0. The van der Waals surface area contributed by atoms with Gasteiger partial charge in [0.25, 0.3) is 0 Å². The topological polar surface area (TPSA) is 44.1 Å². The van der Waals surface area contributed by atoms with Crippen LogP contribution >= 0.6 is 11.8 Å². The Balaban J connectivity index is 2.27. The Kier molecular flexibility index (Phi) is 5.42. The van der Waals surface area contributed by atoms with Gasteiger partial charge in [-0.1, -0.05) is 48.5 Å². The number of likely N-dealkylation sites (N-methyl/N-ethyl adjacent to an activating group) is 1. The van der Waals surface area contributed by atoms with Gasteiger partial charge >= 0.3 is 0 Å². The zero-order valence-electron chi connectivity index (χ0n) is 11.8. The number of carbonyl (C=O) groups excluding carboxylic acids is 1. The Hall–Kier alpha value is -2.25. The SMILES string of the molecule is CN(CC#N)C(=O)[C@H](Sc1ccccc1)c1ccccc1. The largest absolute Gasteiger partial charge is 0.331 e. The molecule has 0 fully saturated rings. The lowest BCUT2D eigenvalue weighted by Crippen LogP contribution is -2.30. The second kappa shape index (κ2) is 7.51. The van der Waals surface area contributed by atoms with E-state index in [2.05, 4.69) is 0 Å². The summed E-state index contributed by atoms with van der Waals surface area (Å²) in [4.78, 5) is 15.1. The first-order valence-electron chi connectivity index (χ1n) is 6.61. The Morgan fingerprint density at radius 1 is 1.14 bits per heavy atom. The van der Waals surface area contributed by atoms with Crippen molar-refractivity contribution in [3.63, 3.8) is 0 Å². The van der Waals surface area contributed by atoms with Gasteiger partial charge in [0.1, 0.15) is 11.8 Å². The molecule has 106 valence electrons. The molecule has 0 spiro atoms. The van der Waals surface area contributed by atoms with Gasteiger partial charge in [-0.3, -0.25) is 4.79 Å². The minimum absolute atomic E-state index is 0.0587. The summed E-state index contributed by atoms with van der Waals surface area (Å²) < 4.78 is 0. The van der Waals surface area contributed by atoms with E-state index in [1.54, 1.807) is 7.05 Å². The van der Waals surface area contributed by atoms with E-state index in [1.165, 1.54) is 16.7 Å². The van der Waals surface area contributed by atoms with Crippen molar-refractivity contribution in [2.45, 2.75) is 10.1 Å². The molecule has 0 unspecified atom stereocenters. The first-order valence-corrected chi connectivity index (χ1v) is 7.49. The normalized spacial score (nSPS) is 11.4. The number of benzene rings is 2. The molecular formula is C17H16N2OS. The van der Waals surface area contributed by atoms with Crippen LogP contribution < -0.4 is 0 Å². The van der Waals surface area contributed by atoms with Gasteiger partial charge in [0.15, 0.2) is 0 Å². The van der Waals surface area contributed by atoms with Crippen molar-refractivity contribution in [2.24, 2.45) is 0 Å². The molecule has 2 aromatic rings. The molecule has 0 aliphatic rings. The van der Waals surface area contributed by atoms with E-state index in [1.807, 2.05) is 66.7 Å². The number of thioether (sulfide) groups is 1. The number of carbonyl (C=O) groups is 1. The highest BCUT2D eigenvalue weighted by Gasteiger charge is 2.24. The van der Waals surface area contributed by atoms with E-state index in [0.717, 1.165) is 10.5 Å². The molecule has 0 saturated carbocycles. The fourth-order valence-electron chi connectivity index (χ4n) is 1.91. The smallest absolute Gasteiger partial charge is 0.241 e. The maximum atomic E-state index is 12.6. The summed E-state index contributed by atoms with van der Waals surface area (Å²) in [5, 5.41) is 8.44. The highest BCUT2D eigenvalue weighted by Crippen LogP contribution is 2.36. The first-order chi connectivity index (χ1) is 10.2. The standard InChI is InChI=1S/C17H16N2OS/c1-19(13-12-18)17(20)16(14-8-4-2-5-9-14)21-15-10-6-3-7-11-15/h2-11,16H,13H2,1H3/t16-/m1/s1. The van der Waals surface area contributed by atoms with Crippen LogP contribution in [0.2, 0.25) is 0 Å². The second-order valence-corrected chi connectivity index (χ2v) is 5.75. The van der Waals surface area contributed by atoms with Gasteiger partial charge in [-0.2, -0.15) is 5.26 Å². The average Bonchev–Trinajstić information content (AvgIpc) is 2.54. The van der Waals surface area contributed by atoms with Crippen LogP contribution in [-0.2, 0) is 4.79 Å².